The molecule has 6 heteroatoms. The number of piperazine rings is 1. The first-order valence-corrected chi connectivity index (χ1v) is 10.1. The lowest BCUT2D eigenvalue weighted by Gasteiger charge is -2.34. The average Bonchev–Trinajstić information content (AvgIpc) is 2.72. The SMILES string of the molecule is Cc1ccc(NC(=O)CN2CCN(CC(=O)NC(C)c3ccccc3)CC2)cc1. The highest BCUT2D eigenvalue weighted by Crippen LogP contribution is 2.11. The molecule has 1 atom stereocenters. The van der Waals surface area contributed by atoms with Crippen LogP contribution in [0.15, 0.2) is 54.6 Å². The third kappa shape index (κ3) is 6.69. The Kier molecular flexibility index (Phi) is 7.38. The molecule has 6 nitrogen and oxygen atoms in total. The van der Waals surface area contributed by atoms with Crippen molar-refractivity contribution in [1.29, 1.82) is 0 Å². The van der Waals surface area contributed by atoms with Crippen LogP contribution in [0.3, 0.4) is 0 Å². The van der Waals surface area contributed by atoms with Gasteiger partial charge in [0.2, 0.25) is 11.8 Å². The van der Waals surface area contributed by atoms with Gasteiger partial charge in [0.05, 0.1) is 19.1 Å². The number of carbonyl (C=O) groups is 2. The zero-order valence-electron chi connectivity index (χ0n) is 17.2. The summed E-state index contributed by atoms with van der Waals surface area (Å²) in [7, 11) is 0. The number of aryl methyl sites for hydroxylation is 1. The molecule has 154 valence electrons. The van der Waals surface area contributed by atoms with Gasteiger partial charge >= 0.3 is 0 Å². The van der Waals surface area contributed by atoms with Crippen molar-refractivity contribution in [1.82, 2.24) is 15.1 Å². The molecule has 2 aromatic carbocycles. The minimum Gasteiger partial charge on any atom is -0.348 e. The van der Waals surface area contributed by atoms with Crippen molar-refractivity contribution >= 4 is 17.5 Å². The van der Waals surface area contributed by atoms with E-state index < -0.39 is 0 Å². The molecule has 2 N–H and O–H groups in total. The lowest BCUT2D eigenvalue weighted by atomic mass is 10.1. The largest absolute Gasteiger partial charge is 0.348 e. The van der Waals surface area contributed by atoms with Gasteiger partial charge in [-0.25, -0.2) is 0 Å². The topological polar surface area (TPSA) is 64.7 Å². The van der Waals surface area contributed by atoms with E-state index in [2.05, 4.69) is 20.4 Å². The number of benzene rings is 2. The van der Waals surface area contributed by atoms with Crippen LogP contribution in [0.25, 0.3) is 0 Å². The van der Waals surface area contributed by atoms with Crippen LogP contribution in [0, 0.1) is 6.92 Å². The molecule has 1 fully saturated rings. The second-order valence-corrected chi connectivity index (χ2v) is 7.67. The fourth-order valence-electron chi connectivity index (χ4n) is 3.46. The Bertz CT molecular complexity index is 799. The molecule has 3 rings (SSSR count). The van der Waals surface area contributed by atoms with E-state index in [0.29, 0.717) is 13.1 Å². The highest BCUT2D eigenvalue weighted by Gasteiger charge is 2.21. The number of carbonyl (C=O) groups excluding carboxylic acids is 2. The molecule has 2 aromatic rings. The summed E-state index contributed by atoms with van der Waals surface area (Å²) in [4.78, 5) is 28.9. The molecule has 0 spiro atoms. The number of hydrogen-bond acceptors (Lipinski definition) is 4. The molecule has 1 aliphatic heterocycles. The van der Waals surface area contributed by atoms with Crippen LogP contribution in [-0.4, -0.2) is 60.9 Å². The number of rotatable bonds is 7. The van der Waals surface area contributed by atoms with Gasteiger partial charge in [0, 0.05) is 31.9 Å². The van der Waals surface area contributed by atoms with Crippen LogP contribution in [0.1, 0.15) is 24.1 Å². The van der Waals surface area contributed by atoms with E-state index in [0.717, 1.165) is 37.4 Å². The maximum Gasteiger partial charge on any atom is 0.238 e. The number of hydrogen-bond donors (Lipinski definition) is 2. The molecule has 0 aromatic heterocycles. The molecule has 0 aliphatic carbocycles. The Balaban J connectivity index is 1.37. The van der Waals surface area contributed by atoms with Crippen LogP contribution in [-0.2, 0) is 9.59 Å². The maximum absolute atomic E-state index is 12.4. The maximum atomic E-state index is 12.4. The third-order valence-electron chi connectivity index (χ3n) is 5.21. The first-order valence-electron chi connectivity index (χ1n) is 10.1. The van der Waals surface area contributed by atoms with E-state index in [1.165, 1.54) is 5.56 Å². The van der Waals surface area contributed by atoms with Crippen LogP contribution in [0.2, 0.25) is 0 Å². The summed E-state index contributed by atoms with van der Waals surface area (Å²) in [6, 6.07) is 17.8. The Morgan fingerprint density at radius 1 is 0.862 bits per heavy atom. The summed E-state index contributed by atoms with van der Waals surface area (Å²) in [6.45, 7) is 7.91. The first-order chi connectivity index (χ1) is 14.0. The van der Waals surface area contributed by atoms with Crippen molar-refractivity contribution in [2.24, 2.45) is 0 Å². The highest BCUT2D eigenvalue weighted by atomic mass is 16.2. The summed E-state index contributed by atoms with van der Waals surface area (Å²) >= 11 is 0. The monoisotopic (exact) mass is 394 g/mol. The fraction of sp³-hybridized carbons (Fsp3) is 0.391. The smallest absolute Gasteiger partial charge is 0.238 e. The van der Waals surface area contributed by atoms with E-state index >= 15 is 0 Å². The number of nitrogens with zero attached hydrogens (tertiary/aromatic N) is 2. The zero-order chi connectivity index (χ0) is 20.6. The normalized spacial score (nSPS) is 16.2. The summed E-state index contributed by atoms with van der Waals surface area (Å²) in [5, 5.41) is 6.00. The minimum atomic E-state index is -0.00420. The van der Waals surface area contributed by atoms with Crippen molar-refractivity contribution in [3.8, 4) is 0 Å². The van der Waals surface area contributed by atoms with E-state index in [-0.39, 0.29) is 17.9 Å². The molecule has 1 heterocycles. The van der Waals surface area contributed by atoms with Gasteiger partial charge in [-0.2, -0.15) is 0 Å². The van der Waals surface area contributed by atoms with Gasteiger partial charge in [-0.3, -0.25) is 19.4 Å². The molecule has 1 unspecified atom stereocenters. The standard InChI is InChI=1S/C23H30N4O2/c1-18-8-10-21(11-9-18)25-23(29)17-27-14-12-26(13-15-27)16-22(28)24-19(2)20-6-4-3-5-7-20/h3-11,19H,12-17H2,1-2H3,(H,24,28)(H,25,29). The lowest BCUT2D eigenvalue weighted by Crippen LogP contribution is -2.51. The molecule has 2 amide bonds. The van der Waals surface area contributed by atoms with Gasteiger partial charge in [0.1, 0.15) is 0 Å². The van der Waals surface area contributed by atoms with Crippen molar-refractivity contribution in [2.75, 3.05) is 44.6 Å². The molecule has 1 saturated heterocycles. The highest BCUT2D eigenvalue weighted by molar-refractivity contribution is 5.92. The molecule has 0 saturated carbocycles. The van der Waals surface area contributed by atoms with Crippen LogP contribution in [0.4, 0.5) is 5.69 Å². The second-order valence-electron chi connectivity index (χ2n) is 7.67. The van der Waals surface area contributed by atoms with E-state index in [1.807, 2.05) is 68.4 Å². The van der Waals surface area contributed by atoms with E-state index in [4.69, 9.17) is 0 Å². The summed E-state index contributed by atoms with van der Waals surface area (Å²) in [5.74, 6) is 0.0312. The number of amides is 2. The summed E-state index contributed by atoms with van der Waals surface area (Å²) in [5.41, 5.74) is 3.09. The van der Waals surface area contributed by atoms with Gasteiger partial charge in [0.15, 0.2) is 0 Å². The van der Waals surface area contributed by atoms with Gasteiger partial charge in [-0.05, 0) is 31.5 Å². The van der Waals surface area contributed by atoms with Crippen molar-refractivity contribution in [2.45, 2.75) is 19.9 Å². The Morgan fingerprint density at radius 3 is 2.00 bits per heavy atom. The van der Waals surface area contributed by atoms with E-state index in [1.54, 1.807) is 0 Å². The fourth-order valence-corrected chi connectivity index (χ4v) is 3.46. The zero-order valence-corrected chi connectivity index (χ0v) is 17.2. The van der Waals surface area contributed by atoms with Gasteiger partial charge in [-0.15, -0.1) is 0 Å². The van der Waals surface area contributed by atoms with Gasteiger partial charge < -0.3 is 10.6 Å². The van der Waals surface area contributed by atoms with Crippen LogP contribution < -0.4 is 10.6 Å². The number of nitrogens with one attached hydrogen (secondary N) is 2. The van der Waals surface area contributed by atoms with Crippen LogP contribution >= 0.6 is 0 Å². The van der Waals surface area contributed by atoms with Crippen molar-refractivity contribution < 1.29 is 9.59 Å². The summed E-state index contributed by atoms with van der Waals surface area (Å²) < 4.78 is 0. The molecule has 0 radical (unpaired) electrons. The quantitative estimate of drug-likeness (QED) is 0.757. The van der Waals surface area contributed by atoms with Crippen molar-refractivity contribution in [3.63, 3.8) is 0 Å². The predicted molar refractivity (Wildman–Crippen MR) is 116 cm³/mol. The minimum absolute atomic E-state index is 0.00303. The van der Waals surface area contributed by atoms with Crippen molar-refractivity contribution in [3.05, 3.63) is 65.7 Å². The molecule has 1 aliphatic rings. The van der Waals surface area contributed by atoms with E-state index in [9.17, 15) is 9.59 Å². The molecule has 29 heavy (non-hydrogen) atoms. The molecular formula is C23H30N4O2. The van der Waals surface area contributed by atoms with Gasteiger partial charge in [-0.1, -0.05) is 48.0 Å². The summed E-state index contributed by atoms with van der Waals surface area (Å²) in [6.07, 6.45) is 0. The number of anilines is 1. The third-order valence-corrected chi connectivity index (χ3v) is 5.21. The Morgan fingerprint density at radius 2 is 1.41 bits per heavy atom. The Labute approximate surface area is 172 Å². The van der Waals surface area contributed by atoms with Gasteiger partial charge in [0.25, 0.3) is 0 Å². The molecule has 0 bridgehead atoms. The second kappa shape index (κ2) is 10.2. The van der Waals surface area contributed by atoms with Crippen LogP contribution in [0.5, 0.6) is 0 Å². The first kappa shape index (κ1) is 21.0. The Hall–Kier alpha value is -2.70. The predicted octanol–water partition coefficient (Wildman–Crippen LogP) is 2.43. The average molecular weight is 395 g/mol. The molecular weight excluding hydrogens is 364 g/mol. The lowest BCUT2D eigenvalue weighted by molar-refractivity contribution is -0.124.